The quantitative estimate of drug-likeness (QED) is 0.727. The third-order valence-electron chi connectivity index (χ3n) is 4.24. The van der Waals surface area contributed by atoms with Gasteiger partial charge in [0.25, 0.3) is 0 Å². The fourth-order valence-electron chi connectivity index (χ4n) is 2.96. The molecule has 122 valence electrons. The molecule has 21 heavy (non-hydrogen) atoms. The second-order valence-corrected chi connectivity index (χ2v) is 6.46. The van der Waals surface area contributed by atoms with Crippen LogP contribution in [-0.4, -0.2) is 43.5 Å². The molecular weight excluding hydrogens is 268 g/mol. The number of amides is 1. The molecular formula is C16H30N2O3. The summed E-state index contributed by atoms with van der Waals surface area (Å²) in [6.07, 6.45) is 4.20. The summed E-state index contributed by atoms with van der Waals surface area (Å²) in [6, 6.07) is 0. The zero-order valence-corrected chi connectivity index (χ0v) is 13.6. The van der Waals surface area contributed by atoms with Crippen molar-refractivity contribution in [1.82, 2.24) is 4.90 Å². The molecule has 1 saturated carbocycles. The molecule has 0 aromatic carbocycles. The number of methoxy groups -OCH3 is 1. The standard InChI is InChI=1S/C16H30N2O3/c1-12(2)11-18(9-8-15(19)21-3)16(20)14-6-4-13(10-17)5-7-14/h12-14H,4-11,17H2,1-3H3. The highest BCUT2D eigenvalue weighted by Gasteiger charge is 2.29. The monoisotopic (exact) mass is 298 g/mol. The van der Waals surface area contributed by atoms with Gasteiger partial charge in [-0.1, -0.05) is 13.8 Å². The molecule has 2 N–H and O–H groups in total. The smallest absolute Gasteiger partial charge is 0.307 e. The Bertz CT molecular complexity index is 336. The van der Waals surface area contributed by atoms with Gasteiger partial charge in [0.1, 0.15) is 0 Å². The topological polar surface area (TPSA) is 72.6 Å². The summed E-state index contributed by atoms with van der Waals surface area (Å²) in [6.45, 7) is 6.06. The summed E-state index contributed by atoms with van der Waals surface area (Å²) in [4.78, 5) is 25.8. The van der Waals surface area contributed by atoms with Crippen LogP contribution in [0.25, 0.3) is 0 Å². The Balaban J connectivity index is 2.56. The van der Waals surface area contributed by atoms with Crippen molar-refractivity contribution in [3.05, 3.63) is 0 Å². The number of rotatable bonds is 7. The third kappa shape index (κ3) is 6.04. The number of hydrogen-bond donors (Lipinski definition) is 1. The number of esters is 1. The molecule has 1 aliphatic rings. The lowest BCUT2D eigenvalue weighted by Crippen LogP contribution is -2.41. The van der Waals surface area contributed by atoms with Crippen LogP contribution in [0.5, 0.6) is 0 Å². The molecule has 0 radical (unpaired) electrons. The molecule has 5 nitrogen and oxygen atoms in total. The average Bonchev–Trinajstić information content (AvgIpc) is 2.50. The second-order valence-electron chi connectivity index (χ2n) is 6.46. The van der Waals surface area contributed by atoms with Crippen LogP contribution in [-0.2, 0) is 14.3 Å². The molecule has 0 heterocycles. The fraction of sp³-hybridized carbons (Fsp3) is 0.875. The van der Waals surface area contributed by atoms with Gasteiger partial charge in [0.2, 0.25) is 5.91 Å². The molecule has 1 amide bonds. The summed E-state index contributed by atoms with van der Waals surface area (Å²) in [7, 11) is 1.38. The van der Waals surface area contributed by atoms with Gasteiger partial charge in [0.15, 0.2) is 0 Å². The van der Waals surface area contributed by atoms with Crippen molar-refractivity contribution < 1.29 is 14.3 Å². The number of nitrogens with zero attached hydrogens (tertiary/aromatic N) is 1. The summed E-state index contributed by atoms with van der Waals surface area (Å²) >= 11 is 0. The van der Waals surface area contributed by atoms with E-state index in [2.05, 4.69) is 18.6 Å². The molecule has 0 atom stereocenters. The molecule has 0 aromatic heterocycles. The number of ether oxygens (including phenoxy) is 1. The summed E-state index contributed by atoms with van der Waals surface area (Å²) in [5, 5.41) is 0. The first kappa shape index (κ1) is 18.0. The van der Waals surface area contributed by atoms with E-state index in [1.54, 1.807) is 0 Å². The first-order valence-corrected chi connectivity index (χ1v) is 8.03. The predicted molar refractivity (Wildman–Crippen MR) is 82.6 cm³/mol. The van der Waals surface area contributed by atoms with E-state index in [-0.39, 0.29) is 24.2 Å². The minimum absolute atomic E-state index is 0.101. The van der Waals surface area contributed by atoms with Gasteiger partial charge in [-0.3, -0.25) is 9.59 Å². The molecule has 0 spiro atoms. The minimum Gasteiger partial charge on any atom is -0.469 e. The molecule has 0 saturated heterocycles. The zero-order chi connectivity index (χ0) is 15.8. The first-order chi connectivity index (χ1) is 9.97. The maximum Gasteiger partial charge on any atom is 0.307 e. The highest BCUT2D eigenvalue weighted by atomic mass is 16.5. The van der Waals surface area contributed by atoms with E-state index in [1.807, 2.05) is 4.90 Å². The predicted octanol–water partition coefficient (Wildman–Crippen LogP) is 1.80. The lowest BCUT2D eigenvalue weighted by molar-refractivity contribution is -0.143. The van der Waals surface area contributed by atoms with E-state index in [1.165, 1.54) is 7.11 Å². The lowest BCUT2D eigenvalue weighted by atomic mass is 9.81. The van der Waals surface area contributed by atoms with Crippen LogP contribution < -0.4 is 5.73 Å². The summed E-state index contributed by atoms with van der Waals surface area (Å²) < 4.78 is 4.67. The van der Waals surface area contributed by atoms with Crippen molar-refractivity contribution in [2.45, 2.75) is 46.0 Å². The Morgan fingerprint density at radius 3 is 2.33 bits per heavy atom. The third-order valence-corrected chi connectivity index (χ3v) is 4.24. The van der Waals surface area contributed by atoms with Crippen LogP contribution in [0.3, 0.4) is 0 Å². The number of nitrogens with two attached hydrogens (primary N) is 1. The van der Waals surface area contributed by atoms with Crippen molar-refractivity contribution in [3.8, 4) is 0 Å². The zero-order valence-electron chi connectivity index (χ0n) is 13.6. The number of carbonyl (C=O) groups is 2. The Morgan fingerprint density at radius 1 is 1.24 bits per heavy atom. The molecule has 0 bridgehead atoms. The SMILES string of the molecule is COC(=O)CCN(CC(C)C)C(=O)C1CCC(CN)CC1. The van der Waals surface area contributed by atoms with Crippen LogP contribution in [0.2, 0.25) is 0 Å². The van der Waals surface area contributed by atoms with Crippen molar-refractivity contribution >= 4 is 11.9 Å². The van der Waals surface area contributed by atoms with Gasteiger partial charge in [-0.05, 0) is 44.1 Å². The van der Waals surface area contributed by atoms with Crippen LogP contribution in [0.1, 0.15) is 46.0 Å². The molecule has 0 unspecified atom stereocenters. The summed E-state index contributed by atoms with van der Waals surface area (Å²) in [5.74, 6) is 1.00. The largest absolute Gasteiger partial charge is 0.469 e. The average molecular weight is 298 g/mol. The fourth-order valence-corrected chi connectivity index (χ4v) is 2.96. The lowest BCUT2D eigenvalue weighted by Gasteiger charge is -2.32. The van der Waals surface area contributed by atoms with Crippen molar-refractivity contribution in [2.75, 3.05) is 26.7 Å². The minimum atomic E-state index is -0.261. The Labute approximate surface area is 128 Å². The number of hydrogen-bond acceptors (Lipinski definition) is 4. The van der Waals surface area contributed by atoms with Gasteiger partial charge >= 0.3 is 5.97 Å². The van der Waals surface area contributed by atoms with E-state index < -0.39 is 0 Å². The van der Waals surface area contributed by atoms with Crippen LogP contribution in [0.15, 0.2) is 0 Å². The molecule has 0 aromatic rings. The van der Waals surface area contributed by atoms with Gasteiger partial charge < -0.3 is 15.4 Å². The first-order valence-electron chi connectivity index (χ1n) is 8.03. The molecule has 1 aliphatic carbocycles. The maximum absolute atomic E-state index is 12.7. The summed E-state index contributed by atoms with van der Waals surface area (Å²) in [5.41, 5.74) is 5.70. The molecule has 1 rings (SSSR count). The number of carbonyl (C=O) groups excluding carboxylic acids is 2. The molecule has 0 aliphatic heterocycles. The molecule has 5 heteroatoms. The van der Waals surface area contributed by atoms with Gasteiger partial charge in [-0.15, -0.1) is 0 Å². The Kier molecular flexibility index (Phi) is 7.72. The van der Waals surface area contributed by atoms with Crippen LogP contribution in [0.4, 0.5) is 0 Å². The Morgan fingerprint density at radius 2 is 1.86 bits per heavy atom. The molecule has 1 fully saturated rings. The van der Waals surface area contributed by atoms with Gasteiger partial charge in [-0.25, -0.2) is 0 Å². The van der Waals surface area contributed by atoms with E-state index in [0.717, 1.165) is 32.2 Å². The normalized spacial score (nSPS) is 22.1. The van der Waals surface area contributed by atoms with Crippen molar-refractivity contribution in [1.29, 1.82) is 0 Å². The van der Waals surface area contributed by atoms with Crippen LogP contribution >= 0.6 is 0 Å². The van der Waals surface area contributed by atoms with Crippen molar-refractivity contribution in [3.63, 3.8) is 0 Å². The van der Waals surface area contributed by atoms with Crippen LogP contribution in [0, 0.1) is 17.8 Å². The highest BCUT2D eigenvalue weighted by molar-refractivity contribution is 5.79. The van der Waals surface area contributed by atoms with Gasteiger partial charge in [0, 0.05) is 19.0 Å². The van der Waals surface area contributed by atoms with Crippen molar-refractivity contribution in [2.24, 2.45) is 23.5 Å². The van der Waals surface area contributed by atoms with Gasteiger partial charge in [0.05, 0.1) is 13.5 Å². The highest BCUT2D eigenvalue weighted by Crippen LogP contribution is 2.29. The van der Waals surface area contributed by atoms with E-state index in [4.69, 9.17) is 5.73 Å². The maximum atomic E-state index is 12.7. The van der Waals surface area contributed by atoms with E-state index in [9.17, 15) is 9.59 Å². The Hall–Kier alpha value is -1.10. The van der Waals surface area contributed by atoms with E-state index >= 15 is 0 Å². The van der Waals surface area contributed by atoms with Gasteiger partial charge in [-0.2, -0.15) is 0 Å². The second kappa shape index (κ2) is 9.03. The van der Waals surface area contributed by atoms with E-state index in [0.29, 0.717) is 24.9 Å².